The molecule has 0 saturated carbocycles. The fourth-order valence-corrected chi connectivity index (χ4v) is 2.86. The van der Waals surface area contributed by atoms with Crippen LogP contribution < -0.4 is 10.1 Å². The predicted molar refractivity (Wildman–Crippen MR) is 107 cm³/mol. The van der Waals surface area contributed by atoms with Gasteiger partial charge in [0, 0.05) is 17.1 Å². The van der Waals surface area contributed by atoms with Crippen molar-refractivity contribution in [1.29, 1.82) is 0 Å². The van der Waals surface area contributed by atoms with E-state index in [-0.39, 0.29) is 12.5 Å². The van der Waals surface area contributed by atoms with Crippen molar-refractivity contribution in [3.05, 3.63) is 66.4 Å². The minimum Gasteiger partial charge on any atom is -0.445 e. The highest BCUT2D eigenvalue weighted by Crippen LogP contribution is 2.25. The zero-order valence-electron chi connectivity index (χ0n) is 16.0. The first-order chi connectivity index (χ1) is 13.6. The largest absolute Gasteiger partial charge is 0.445 e. The van der Waals surface area contributed by atoms with Gasteiger partial charge in [-0.05, 0) is 23.6 Å². The Balaban J connectivity index is 1.65. The van der Waals surface area contributed by atoms with Crippen LogP contribution in [0.3, 0.4) is 0 Å². The van der Waals surface area contributed by atoms with Gasteiger partial charge in [0.1, 0.15) is 12.6 Å². The first-order valence-electron chi connectivity index (χ1n) is 9.33. The van der Waals surface area contributed by atoms with Crippen LogP contribution in [0, 0.1) is 5.92 Å². The van der Waals surface area contributed by atoms with Crippen molar-refractivity contribution >= 4 is 23.0 Å². The van der Waals surface area contributed by atoms with Gasteiger partial charge in [-0.2, -0.15) is 0 Å². The Labute approximate surface area is 163 Å². The van der Waals surface area contributed by atoms with Crippen LogP contribution in [0.15, 0.2) is 60.8 Å². The lowest BCUT2D eigenvalue weighted by molar-refractivity contribution is -0.137. The van der Waals surface area contributed by atoms with E-state index in [1.165, 1.54) is 0 Å². The number of para-hydroxylation sites is 1. The molecule has 6 heteroatoms. The number of hydrogen-bond donors (Lipinski definition) is 2. The summed E-state index contributed by atoms with van der Waals surface area (Å²) in [6.07, 6.45) is 1.70. The Morgan fingerprint density at radius 2 is 1.79 bits per heavy atom. The molecule has 3 rings (SSSR count). The summed E-state index contributed by atoms with van der Waals surface area (Å²) in [6, 6.07) is 16.1. The standard InChI is InChI=1S/C22H24N2O4/c1-3-15(2)20(24-22(26)27-14-16-9-5-4-6-10-16)21(25)28-19-13-23-18-12-8-7-11-17(18)19/h4-13,15,20,23H,3,14H2,1-2H3,(H,24,26)/t15?,20-/m0/s1. The van der Waals surface area contributed by atoms with Gasteiger partial charge in [-0.3, -0.25) is 0 Å². The predicted octanol–water partition coefficient (Wildman–Crippen LogP) is 4.41. The summed E-state index contributed by atoms with van der Waals surface area (Å²) >= 11 is 0. The van der Waals surface area contributed by atoms with Crippen LogP contribution in [0.4, 0.5) is 4.79 Å². The van der Waals surface area contributed by atoms with E-state index >= 15 is 0 Å². The molecule has 6 nitrogen and oxygen atoms in total. The Morgan fingerprint density at radius 1 is 1.07 bits per heavy atom. The van der Waals surface area contributed by atoms with E-state index in [1.54, 1.807) is 6.20 Å². The van der Waals surface area contributed by atoms with Crippen molar-refractivity contribution in [2.24, 2.45) is 5.92 Å². The number of nitrogens with one attached hydrogen (secondary N) is 2. The number of carbonyl (C=O) groups excluding carboxylic acids is 2. The number of fused-ring (bicyclic) bond motifs is 1. The van der Waals surface area contributed by atoms with Gasteiger partial charge < -0.3 is 19.8 Å². The highest BCUT2D eigenvalue weighted by Gasteiger charge is 2.29. The van der Waals surface area contributed by atoms with Crippen LogP contribution >= 0.6 is 0 Å². The molecule has 0 spiro atoms. The maximum absolute atomic E-state index is 12.8. The fraction of sp³-hybridized carbons (Fsp3) is 0.273. The van der Waals surface area contributed by atoms with E-state index in [2.05, 4.69) is 10.3 Å². The Kier molecular flexibility index (Phi) is 6.32. The van der Waals surface area contributed by atoms with Gasteiger partial charge in [-0.1, -0.05) is 62.7 Å². The molecular weight excluding hydrogens is 356 g/mol. The molecule has 0 radical (unpaired) electrons. The summed E-state index contributed by atoms with van der Waals surface area (Å²) in [5, 5.41) is 3.46. The third-order valence-corrected chi connectivity index (χ3v) is 4.71. The zero-order chi connectivity index (χ0) is 19.9. The number of benzene rings is 2. The van der Waals surface area contributed by atoms with Gasteiger partial charge in [-0.25, -0.2) is 9.59 Å². The Morgan fingerprint density at radius 3 is 2.54 bits per heavy atom. The zero-order valence-corrected chi connectivity index (χ0v) is 16.0. The molecule has 0 aliphatic carbocycles. The van der Waals surface area contributed by atoms with Crippen LogP contribution in [0.25, 0.3) is 10.9 Å². The first kappa shape index (κ1) is 19.5. The molecule has 0 bridgehead atoms. The molecule has 1 aromatic heterocycles. The third-order valence-electron chi connectivity index (χ3n) is 4.71. The quantitative estimate of drug-likeness (QED) is 0.595. The third kappa shape index (κ3) is 4.71. The van der Waals surface area contributed by atoms with Crippen molar-refractivity contribution in [1.82, 2.24) is 10.3 Å². The molecule has 146 valence electrons. The minimum atomic E-state index is -0.804. The normalized spacial score (nSPS) is 12.9. The molecule has 2 aromatic carbocycles. The smallest absolute Gasteiger partial charge is 0.408 e. The molecule has 2 atom stereocenters. The van der Waals surface area contributed by atoms with Crippen LogP contribution in [0.5, 0.6) is 5.75 Å². The highest BCUT2D eigenvalue weighted by atomic mass is 16.6. The monoisotopic (exact) mass is 380 g/mol. The highest BCUT2D eigenvalue weighted by molar-refractivity contribution is 5.90. The summed E-state index contributed by atoms with van der Waals surface area (Å²) in [5.41, 5.74) is 1.75. The summed E-state index contributed by atoms with van der Waals surface area (Å²) in [5.74, 6) is -0.189. The van der Waals surface area contributed by atoms with Crippen molar-refractivity contribution in [2.45, 2.75) is 32.9 Å². The Hall–Kier alpha value is -3.28. The van der Waals surface area contributed by atoms with Gasteiger partial charge >= 0.3 is 12.1 Å². The lowest BCUT2D eigenvalue weighted by atomic mass is 9.99. The number of esters is 1. The van der Waals surface area contributed by atoms with Gasteiger partial charge in [0.05, 0.1) is 0 Å². The Bertz CT molecular complexity index is 936. The number of rotatable bonds is 7. The second-order valence-corrected chi connectivity index (χ2v) is 6.69. The van der Waals surface area contributed by atoms with Crippen LogP contribution in [0.2, 0.25) is 0 Å². The van der Waals surface area contributed by atoms with E-state index in [4.69, 9.17) is 9.47 Å². The minimum absolute atomic E-state index is 0.109. The fourth-order valence-electron chi connectivity index (χ4n) is 2.86. The average Bonchev–Trinajstić information content (AvgIpc) is 3.13. The van der Waals surface area contributed by atoms with E-state index in [1.807, 2.05) is 68.4 Å². The number of alkyl carbamates (subject to hydrolysis) is 1. The van der Waals surface area contributed by atoms with Crippen LogP contribution in [-0.2, 0) is 16.1 Å². The molecule has 1 heterocycles. The number of H-pyrrole nitrogens is 1. The van der Waals surface area contributed by atoms with Crippen molar-refractivity contribution in [3.8, 4) is 5.75 Å². The molecule has 0 saturated heterocycles. The number of amides is 1. The number of aromatic nitrogens is 1. The van der Waals surface area contributed by atoms with Gasteiger partial charge in [0.25, 0.3) is 0 Å². The van der Waals surface area contributed by atoms with Gasteiger partial charge in [0.2, 0.25) is 0 Å². The molecule has 0 aliphatic rings. The topological polar surface area (TPSA) is 80.4 Å². The van der Waals surface area contributed by atoms with E-state index in [0.29, 0.717) is 12.2 Å². The number of aromatic amines is 1. The summed E-state index contributed by atoms with van der Waals surface area (Å²) in [7, 11) is 0. The lowest BCUT2D eigenvalue weighted by Crippen LogP contribution is -2.47. The molecule has 1 amide bonds. The van der Waals surface area contributed by atoms with E-state index in [9.17, 15) is 9.59 Å². The molecule has 3 aromatic rings. The van der Waals surface area contributed by atoms with Crippen molar-refractivity contribution < 1.29 is 19.1 Å². The van der Waals surface area contributed by atoms with Crippen molar-refractivity contribution in [3.63, 3.8) is 0 Å². The summed E-state index contributed by atoms with van der Waals surface area (Å²) in [4.78, 5) is 28.0. The van der Waals surface area contributed by atoms with Crippen LogP contribution in [-0.4, -0.2) is 23.1 Å². The number of hydrogen-bond acceptors (Lipinski definition) is 4. The van der Waals surface area contributed by atoms with Crippen LogP contribution in [0.1, 0.15) is 25.8 Å². The molecular formula is C22H24N2O4. The van der Waals surface area contributed by atoms with Gasteiger partial charge in [0.15, 0.2) is 5.75 Å². The first-order valence-corrected chi connectivity index (χ1v) is 9.33. The molecule has 0 aliphatic heterocycles. The lowest BCUT2D eigenvalue weighted by Gasteiger charge is -2.22. The molecule has 0 fully saturated rings. The van der Waals surface area contributed by atoms with E-state index < -0.39 is 18.1 Å². The average molecular weight is 380 g/mol. The maximum Gasteiger partial charge on any atom is 0.408 e. The molecule has 2 N–H and O–H groups in total. The second kappa shape index (κ2) is 9.08. The van der Waals surface area contributed by atoms with Gasteiger partial charge in [-0.15, -0.1) is 0 Å². The second-order valence-electron chi connectivity index (χ2n) is 6.69. The van der Waals surface area contributed by atoms with E-state index in [0.717, 1.165) is 16.5 Å². The maximum atomic E-state index is 12.8. The van der Waals surface area contributed by atoms with Crippen molar-refractivity contribution in [2.75, 3.05) is 0 Å². The summed E-state index contributed by atoms with van der Waals surface area (Å²) in [6.45, 7) is 3.98. The number of ether oxygens (including phenoxy) is 2. The molecule has 1 unspecified atom stereocenters. The SMILES string of the molecule is CCC(C)[C@H](NC(=O)OCc1ccccc1)C(=O)Oc1c[nH]c2ccccc12. The number of carbonyl (C=O) groups is 2. The molecule has 28 heavy (non-hydrogen) atoms. The summed E-state index contributed by atoms with van der Waals surface area (Å²) < 4.78 is 10.8.